The molecule has 0 aliphatic carbocycles. The van der Waals surface area contributed by atoms with Crippen LogP contribution in [-0.4, -0.2) is 44.3 Å². The van der Waals surface area contributed by atoms with Crippen molar-refractivity contribution < 1.29 is 18.0 Å². The zero-order chi connectivity index (χ0) is 28.6. The average molecular weight is 570 g/mol. The number of aryl methyl sites for hydroxylation is 2. The molecule has 2 amide bonds. The van der Waals surface area contributed by atoms with E-state index in [0.29, 0.717) is 17.3 Å². The lowest BCUT2D eigenvalue weighted by Gasteiger charge is -2.32. The molecule has 0 bridgehead atoms. The Labute approximate surface area is 236 Å². The first-order chi connectivity index (χ1) is 18.5. The molecule has 0 unspecified atom stereocenters. The van der Waals surface area contributed by atoms with E-state index < -0.39 is 28.5 Å². The summed E-state index contributed by atoms with van der Waals surface area (Å²) >= 11 is 5.99. The fourth-order valence-electron chi connectivity index (χ4n) is 4.06. The molecule has 3 rings (SSSR count). The van der Waals surface area contributed by atoms with Crippen LogP contribution in [0.4, 0.5) is 5.69 Å². The van der Waals surface area contributed by atoms with Gasteiger partial charge in [0.05, 0.1) is 10.6 Å². The molecular formula is C30H36ClN3O4S. The highest BCUT2D eigenvalue weighted by molar-refractivity contribution is 7.92. The van der Waals surface area contributed by atoms with Gasteiger partial charge >= 0.3 is 0 Å². The zero-order valence-corrected chi connectivity index (χ0v) is 24.4. The van der Waals surface area contributed by atoms with Crippen LogP contribution in [0.2, 0.25) is 5.02 Å². The van der Waals surface area contributed by atoms with Gasteiger partial charge in [0.2, 0.25) is 11.8 Å². The van der Waals surface area contributed by atoms with E-state index in [9.17, 15) is 18.0 Å². The van der Waals surface area contributed by atoms with E-state index in [1.807, 2.05) is 45.0 Å². The minimum Gasteiger partial charge on any atom is -0.354 e. The summed E-state index contributed by atoms with van der Waals surface area (Å²) in [6.45, 7) is 7.73. The van der Waals surface area contributed by atoms with Gasteiger partial charge in [0.1, 0.15) is 12.6 Å². The van der Waals surface area contributed by atoms with Gasteiger partial charge in [0, 0.05) is 18.1 Å². The van der Waals surface area contributed by atoms with Crippen molar-refractivity contribution >= 4 is 39.1 Å². The Hall–Kier alpha value is -3.36. The standard InChI is InChI=1S/C30H36ClN3O4S/c1-5-6-19-32-30(36)24(4)33(20-25-10-8-7-9-23(25)3)29(35)21-34(27-15-11-22(2)12-16-27)39(37,38)28-17-13-26(31)14-18-28/h7-18,24H,5-6,19-21H2,1-4H3,(H,32,36)/t24-/m1/s1. The molecule has 1 atom stereocenters. The van der Waals surface area contributed by atoms with E-state index in [0.717, 1.165) is 33.8 Å². The minimum atomic E-state index is -4.13. The molecule has 0 saturated heterocycles. The SMILES string of the molecule is CCCCNC(=O)[C@@H](C)N(Cc1ccccc1C)C(=O)CN(c1ccc(C)cc1)S(=O)(=O)c1ccc(Cl)cc1. The Kier molecular flexibility index (Phi) is 10.5. The molecule has 3 aromatic rings. The van der Waals surface area contributed by atoms with Gasteiger partial charge in [-0.25, -0.2) is 8.42 Å². The average Bonchev–Trinajstić information content (AvgIpc) is 2.91. The summed E-state index contributed by atoms with van der Waals surface area (Å²) in [5.41, 5.74) is 3.15. The van der Waals surface area contributed by atoms with Crippen molar-refractivity contribution in [1.82, 2.24) is 10.2 Å². The summed E-state index contributed by atoms with van der Waals surface area (Å²) in [4.78, 5) is 28.4. The normalized spacial score (nSPS) is 12.0. The molecule has 0 saturated carbocycles. The predicted octanol–water partition coefficient (Wildman–Crippen LogP) is 5.49. The maximum atomic E-state index is 13.9. The number of hydrogen-bond acceptors (Lipinski definition) is 4. The van der Waals surface area contributed by atoms with Gasteiger partial charge < -0.3 is 10.2 Å². The maximum Gasteiger partial charge on any atom is 0.264 e. The van der Waals surface area contributed by atoms with Crippen molar-refractivity contribution in [3.63, 3.8) is 0 Å². The fourth-order valence-corrected chi connectivity index (χ4v) is 5.60. The smallest absolute Gasteiger partial charge is 0.264 e. The summed E-state index contributed by atoms with van der Waals surface area (Å²) in [7, 11) is -4.13. The number of hydrogen-bond donors (Lipinski definition) is 1. The summed E-state index contributed by atoms with van der Waals surface area (Å²) in [6.07, 6.45) is 1.75. The first kappa shape index (κ1) is 30.2. The number of halogens is 1. The molecule has 0 radical (unpaired) electrons. The molecule has 0 fully saturated rings. The largest absolute Gasteiger partial charge is 0.354 e. The van der Waals surface area contributed by atoms with Crippen LogP contribution in [0.3, 0.4) is 0 Å². The second kappa shape index (κ2) is 13.6. The quantitative estimate of drug-likeness (QED) is 0.292. The Morgan fingerprint density at radius 1 is 0.949 bits per heavy atom. The van der Waals surface area contributed by atoms with Crippen molar-refractivity contribution in [1.29, 1.82) is 0 Å². The number of nitrogens with zero attached hydrogens (tertiary/aromatic N) is 2. The Morgan fingerprint density at radius 3 is 2.21 bits per heavy atom. The molecule has 0 aliphatic rings. The Balaban J connectivity index is 2.00. The molecule has 9 heteroatoms. The Morgan fingerprint density at radius 2 is 1.59 bits per heavy atom. The fraction of sp³-hybridized carbons (Fsp3) is 0.333. The topological polar surface area (TPSA) is 86.8 Å². The molecule has 0 heterocycles. The van der Waals surface area contributed by atoms with Gasteiger partial charge in [-0.3, -0.25) is 13.9 Å². The highest BCUT2D eigenvalue weighted by atomic mass is 35.5. The van der Waals surface area contributed by atoms with Crippen LogP contribution in [-0.2, 0) is 26.2 Å². The van der Waals surface area contributed by atoms with Crippen LogP contribution in [0.15, 0.2) is 77.7 Å². The number of sulfonamides is 1. The number of rotatable bonds is 12. The summed E-state index contributed by atoms with van der Waals surface area (Å²) in [5.74, 6) is -0.776. The number of carbonyl (C=O) groups excluding carboxylic acids is 2. The first-order valence-corrected chi connectivity index (χ1v) is 14.8. The molecule has 39 heavy (non-hydrogen) atoms. The van der Waals surface area contributed by atoms with E-state index in [4.69, 9.17) is 11.6 Å². The van der Waals surface area contributed by atoms with Crippen LogP contribution in [0.5, 0.6) is 0 Å². The monoisotopic (exact) mass is 569 g/mol. The lowest BCUT2D eigenvalue weighted by atomic mass is 10.1. The number of anilines is 1. The second-order valence-corrected chi connectivity index (χ2v) is 11.9. The van der Waals surface area contributed by atoms with Crippen molar-refractivity contribution in [2.45, 2.75) is 58.0 Å². The third-order valence-electron chi connectivity index (χ3n) is 6.60. The van der Waals surface area contributed by atoms with Crippen LogP contribution in [0, 0.1) is 13.8 Å². The van der Waals surface area contributed by atoms with Gasteiger partial charge in [0.25, 0.3) is 10.0 Å². The highest BCUT2D eigenvalue weighted by Crippen LogP contribution is 2.26. The van der Waals surface area contributed by atoms with Gasteiger partial charge in [-0.15, -0.1) is 0 Å². The van der Waals surface area contributed by atoms with Crippen molar-refractivity contribution in [3.05, 3.63) is 94.5 Å². The van der Waals surface area contributed by atoms with Crippen molar-refractivity contribution in [2.24, 2.45) is 0 Å². The maximum absolute atomic E-state index is 13.9. The third kappa shape index (κ3) is 7.83. The molecule has 1 N–H and O–H groups in total. The van der Waals surface area contributed by atoms with Crippen molar-refractivity contribution in [3.8, 4) is 0 Å². The number of amides is 2. The second-order valence-electron chi connectivity index (χ2n) is 9.57. The molecule has 3 aromatic carbocycles. The van der Waals surface area contributed by atoms with Crippen LogP contribution in [0.25, 0.3) is 0 Å². The van der Waals surface area contributed by atoms with Crippen molar-refractivity contribution in [2.75, 3.05) is 17.4 Å². The van der Waals surface area contributed by atoms with Gasteiger partial charge in [-0.05, 0) is 74.7 Å². The number of nitrogens with one attached hydrogen (secondary N) is 1. The predicted molar refractivity (Wildman–Crippen MR) is 156 cm³/mol. The van der Waals surface area contributed by atoms with Crippen LogP contribution >= 0.6 is 11.6 Å². The summed E-state index contributed by atoms with van der Waals surface area (Å²) < 4.78 is 28.7. The lowest BCUT2D eigenvalue weighted by molar-refractivity contribution is -0.139. The number of unbranched alkanes of at least 4 members (excludes halogenated alkanes) is 1. The molecule has 0 aliphatic heterocycles. The van der Waals surface area contributed by atoms with Gasteiger partial charge in [-0.2, -0.15) is 0 Å². The third-order valence-corrected chi connectivity index (χ3v) is 8.64. The lowest BCUT2D eigenvalue weighted by Crippen LogP contribution is -2.51. The minimum absolute atomic E-state index is 0.0103. The number of benzene rings is 3. The molecular weight excluding hydrogens is 534 g/mol. The van der Waals surface area contributed by atoms with E-state index in [2.05, 4.69) is 5.32 Å². The summed E-state index contributed by atoms with van der Waals surface area (Å²) in [5, 5.41) is 3.30. The van der Waals surface area contributed by atoms with Gasteiger partial charge in [-0.1, -0.05) is 66.9 Å². The van der Waals surface area contributed by atoms with E-state index in [1.54, 1.807) is 31.2 Å². The molecule has 0 spiro atoms. The highest BCUT2D eigenvalue weighted by Gasteiger charge is 2.32. The molecule has 0 aromatic heterocycles. The molecule has 208 valence electrons. The van der Waals surface area contributed by atoms with E-state index in [1.165, 1.54) is 29.2 Å². The zero-order valence-electron chi connectivity index (χ0n) is 22.9. The number of carbonyl (C=O) groups is 2. The van der Waals surface area contributed by atoms with E-state index >= 15 is 0 Å². The van der Waals surface area contributed by atoms with E-state index in [-0.39, 0.29) is 17.3 Å². The van der Waals surface area contributed by atoms with Crippen LogP contribution < -0.4 is 9.62 Å². The molecule has 7 nitrogen and oxygen atoms in total. The first-order valence-electron chi connectivity index (χ1n) is 13.0. The van der Waals surface area contributed by atoms with Crippen LogP contribution in [0.1, 0.15) is 43.4 Å². The Bertz CT molecular complexity index is 1380. The summed E-state index contributed by atoms with van der Waals surface area (Å²) in [6, 6.07) is 19.6. The van der Waals surface area contributed by atoms with Gasteiger partial charge in [0.15, 0.2) is 0 Å².